The molecule has 160 valence electrons. The molecule has 0 bridgehead atoms. The third-order valence-corrected chi connectivity index (χ3v) is 6.58. The fraction of sp³-hybridized carbons (Fsp3) is 0.667. The van der Waals surface area contributed by atoms with Crippen molar-refractivity contribution in [3.63, 3.8) is 0 Å². The summed E-state index contributed by atoms with van der Waals surface area (Å²) in [5.74, 6) is 0.200. The van der Waals surface area contributed by atoms with Crippen molar-refractivity contribution in [3.05, 3.63) is 35.9 Å². The molecule has 29 heavy (non-hydrogen) atoms. The summed E-state index contributed by atoms with van der Waals surface area (Å²) in [6, 6.07) is 10.1. The van der Waals surface area contributed by atoms with Gasteiger partial charge in [-0.15, -0.1) is 0 Å². The molecular formula is C24H37N3O2. The Morgan fingerprint density at radius 3 is 2.38 bits per heavy atom. The maximum absolute atomic E-state index is 13.6. The van der Waals surface area contributed by atoms with Crippen LogP contribution in [0.15, 0.2) is 30.3 Å². The Hall–Kier alpha value is -1.88. The number of carbonyl (C=O) groups excluding carboxylic acids is 2. The lowest BCUT2D eigenvalue weighted by Gasteiger charge is -2.38. The van der Waals surface area contributed by atoms with E-state index < -0.39 is 0 Å². The van der Waals surface area contributed by atoms with Crippen LogP contribution in [0.2, 0.25) is 0 Å². The maximum Gasteiger partial charge on any atom is 0.244 e. The van der Waals surface area contributed by atoms with E-state index >= 15 is 0 Å². The number of amides is 2. The van der Waals surface area contributed by atoms with E-state index in [1.165, 1.54) is 19.3 Å². The molecule has 2 aliphatic rings. The van der Waals surface area contributed by atoms with Crippen molar-refractivity contribution < 1.29 is 9.59 Å². The molecule has 2 amide bonds. The minimum absolute atomic E-state index is 0.0808. The van der Waals surface area contributed by atoms with Crippen molar-refractivity contribution in [3.8, 4) is 0 Å². The summed E-state index contributed by atoms with van der Waals surface area (Å²) in [6.07, 6.45) is 7.67. The number of likely N-dealkylation sites (N-methyl/N-ethyl adjacent to an activating group) is 1. The van der Waals surface area contributed by atoms with Crippen LogP contribution in [-0.4, -0.2) is 53.8 Å². The molecule has 1 N–H and O–H groups in total. The van der Waals surface area contributed by atoms with Crippen LogP contribution in [0.5, 0.6) is 0 Å². The number of likely N-dealkylation sites (tertiary alicyclic amines) is 1. The quantitative estimate of drug-likeness (QED) is 0.760. The number of carbonyl (C=O) groups is 2. The van der Waals surface area contributed by atoms with Crippen LogP contribution in [0.1, 0.15) is 70.4 Å². The fourth-order valence-electron chi connectivity index (χ4n) is 4.86. The molecule has 1 saturated heterocycles. The van der Waals surface area contributed by atoms with Crippen LogP contribution in [-0.2, 0) is 9.59 Å². The molecule has 0 spiro atoms. The molecule has 5 heteroatoms. The van der Waals surface area contributed by atoms with Gasteiger partial charge in [0.2, 0.25) is 11.8 Å². The van der Waals surface area contributed by atoms with Crippen LogP contribution in [0.4, 0.5) is 0 Å². The third-order valence-electron chi connectivity index (χ3n) is 6.58. The summed E-state index contributed by atoms with van der Waals surface area (Å²) >= 11 is 0. The second kappa shape index (κ2) is 10.8. The lowest BCUT2D eigenvalue weighted by atomic mass is 9.92. The fourth-order valence-corrected chi connectivity index (χ4v) is 4.86. The molecule has 1 aromatic rings. The van der Waals surface area contributed by atoms with E-state index in [1.54, 1.807) is 0 Å². The van der Waals surface area contributed by atoms with Crippen LogP contribution in [0, 0.1) is 5.92 Å². The van der Waals surface area contributed by atoms with Gasteiger partial charge in [-0.05, 0) is 44.3 Å². The van der Waals surface area contributed by atoms with Crippen molar-refractivity contribution in [1.29, 1.82) is 0 Å². The molecule has 0 aromatic heterocycles. The van der Waals surface area contributed by atoms with E-state index in [4.69, 9.17) is 0 Å². The summed E-state index contributed by atoms with van der Waals surface area (Å²) in [7, 11) is 0. The number of hydrogen-bond acceptors (Lipinski definition) is 3. The number of nitrogens with one attached hydrogen (secondary N) is 1. The molecule has 2 atom stereocenters. The van der Waals surface area contributed by atoms with Crippen molar-refractivity contribution in [2.24, 2.45) is 5.92 Å². The molecule has 5 nitrogen and oxygen atoms in total. The minimum Gasteiger partial charge on any atom is -0.353 e. The van der Waals surface area contributed by atoms with Crippen molar-refractivity contribution >= 4 is 11.8 Å². The monoisotopic (exact) mass is 399 g/mol. The highest BCUT2D eigenvalue weighted by atomic mass is 16.2. The van der Waals surface area contributed by atoms with Crippen LogP contribution in [0.3, 0.4) is 0 Å². The Bertz CT molecular complexity index is 653. The zero-order chi connectivity index (χ0) is 20.6. The first-order valence-electron chi connectivity index (χ1n) is 11.5. The highest BCUT2D eigenvalue weighted by molar-refractivity contribution is 5.85. The topological polar surface area (TPSA) is 52.7 Å². The van der Waals surface area contributed by atoms with Gasteiger partial charge in [0.1, 0.15) is 6.04 Å². The molecule has 1 aliphatic heterocycles. The standard InChI is InChI=1S/C24H37N3O2/c1-3-26(4-2)22(19-12-7-5-8-13-19)24(29)27-17-11-14-20(18-27)23(28)25-21-15-9-6-10-16-21/h5,7-8,12-13,20-22H,3-4,6,9-11,14-18H2,1-2H3,(H,25,28). The summed E-state index contributed by atoms with van der Waals surface area (Å²) in [4.78, 5) is 30.6. The summed E-state index contributed by atoms with van der Waals surface area (Å²) < 4.78 is 0. The van der Waals surface area contributed by atoms with Gasteiger partial charge in [0.05, 0.1) is 5.92 Å². The van der Waals surface area contributed by atoms with Crippen molar-refractivity contribution in [1.82, 2.24) is 15.1 Å². The number of hydrogen-bond donors (Lipinski definition) is 1. The first-order chi connectivity index (χ1) is 14.1. The lowest BCUT2D eigenvalue weighted by Crippen LogP contribution is -2.50. The summed E-state index contributed by atoms with van der Waals surface area (Å²) in [6.45, 7) is 7.13. The zero-order valence-electron chi connectivity index (χ0n) is 18.1. The van der Waals surface area contributed by atoms with E-state index in [9.17, 15) is 9.59 Å². The van der Waals surface area contributed by atoms with E-state index in [1.807, 2.05) is 35.2 Å². The third kappa shape index (κ3) is 5.59. The summed E-state index contributed by atoms with van der Waals surface area (Å²) in [5, 5.41) is 3.27. The van der Waals surface area contributed by atoms with Crippen molar-refractivity contribution in [2.45, 2.75) is 70.9 Å². The predicted molar refractivity (Wildman–Crippen MR) is 116 cm³/mol. The maximum atomic E-state index is 13.6. The van der Waals surface area contributed by atoms with E-state index in [0.29, 0.717) is 12.6 Å². The first-order valence-corrected chi connectivity index (χ1v) is 11.5. The highest BCUT2D eigenvalue weighted by Gasteiger charge is 2.35. The lowest BCUT2D eigenvalue weighted by molar-refractivity contribution is -0.141. The van der Waals surface area contributed by atoms with Gasteiger partial charge in [-0.1, -0.05) is 63.4 Å². The predicted octanol–water partition coefficient (Wildman–Crippen LogP) is 3.76. The molecule has 1 saturated carbocycles. The van der Waals surface area contributed by atoms with Crippen molar-refractivity contribution in [2.75, 3.05) is 26.2 Å². The highest BCUT2D eigenvalue weighted by Crippen LogP contribution is 2.27. The Kier molecular flexibility index (Phi) is 8.10. The van der Waals surface area contributed by atoms with E-state index in [0.717, 1.165) is 50.9 Å². The molecule has 1 aromatic carbocycles. The molecule has 3 rings (SSSR count). The van der Waals surface area contributed by atoms with Gasteiger partial charge < -0.3 is 10.2 Å². The van der Waals surface area contributed by atoms with Gasteiger partial charge in [-0.3, -0.25) is 14.5 Å². The van der Waals surface area contributed by atoms with E-state index in [-0.39, 0.29) is 23.8 Å². The molecule has 2 unspecified atom stereocenters. The Morgan fingerprint density at radius 2 is 1.72 bits per heavy atom. The number of benzene rings is 1. The van der Waals surface area contributed by atoms with Crippen LogP contribution in [0.25, 0.3) is 0 Å². The SMILES string of the molecule is CCN(CC)C(C(=O)N1CCCC(C(=O)NC2CCCCC2)C1)c1ccccc1. The van der Waals surface area contributed by atoms with Gasteiger partial charge in [0, 0.05) is 19.1 Å². The Balaban J connectivity index is 1.68. The van der Waals surface area contributed by atoms with Gasteiger partial charge in [-0.2, -0.15) is 0 Å². The number of rotatable bonds is 7. The molecule has 1 heterocycles. The van der Waals surface area contributed by atoms with Crippen LogP contribution >= 0.6 is 0 Å². The van der Waals surface area contributed by atoms with Crippen LogP contribution < -0.4 is 5.32 Å². The van der Waals surface area contributed by atoms with E-state index in [2.05, 4.69) is 24.1 Å². The smallest absolute Gasteiger partial charge is 0.244 e. The minimum atomic E-state index is -0.272. The Labute approximate surface area is 175 Å². The normalized spacial score (nSPS) is 21.8. The van der Waals surface area contributed by atoms with Gasteiger partial charge in [0.25, 0.3) is 0 Å². The number of piperidine rings is 1. The van der Waals surface area contributed by atoms with Gasteiger partial charge >= 0.3 is 0 Å². The Morgan fingerprint density at radius 1 is 1.03 bits per heavy atom. The zero-order valence-corrected chi connectivity index (χ0v) is 18.1. The average Bonchev–Trinajstić information content (AvgIpc) is 2.78. The first kappa shape index (κ1) is 21.8. The van der Waals surface area contributed by atoms with Gasteiger partial charge in [0.15, 0.2) is 0 Å². The molecular weight excluding hydrogens is 362 g/mol. The van der Waals surface area contributed by atoms with Gasteiger partial charge in [-0.25, -0.2) is 0 Å². The molecule has 2 fully saturated rings. The molecule has 1 aliphatic carbocycles. The summed E-state index contributed by atoms with van der Waals surface area (Å²) in [5.41, 5.74) is 1.04. The average molecular weight is 400 g/mol. The second-order valence-corrected chi connectivity index (χ2v) is 8.50. The number of nitrogens with zero attached hydrogens (tertiary/aromatic N) is 2. The second-order valence-electron chi connectivity index (χ2n) is 8.50. The largest absolute Gasteiger partial charge is 0.353 e. The molecule has 0 radical (unpaired) electrons.